The van der Waals surface area contributed by atoms with E-state index < -0.39 is 5.41 Å². The lowest BCUT2D eigenvalue weighted by Gasteiger charge is -2.38. The van der Waals surface area contributed by atoms with Crippen LogP contribution in [0.5, 0.6) is 17.2 Å². The molecule has 4 rings (SSSR count). The van der Waals surface area contributed by atoms with Crippen molar-refractivity contribution < 1.29 is 19.0 Å². The second kappa shape index (κ2) is 6.80. The molecule has 27 heavy (non-hydrogen) atoms. The van der Waals surface area contributed by atoms with Gasteiger partial charge in [0.1, 0.15) is 29.3 Å². The van der Waals surface area contributed by atoms with Gasteiger partial charge in [0.15, 0.2) is 5.78 Å². The highest BCUT2D eigenvalue weighted by Crippen LogP contribution is 2.47. The van der Waals surface area contributed by atoms with Crippen molar-refractivity contribution in [1.82, 2.24) is 0 Å². The molecular formula is C23H20O4. The largest absolute Gasteiger partial charge is 0.496 e. The van der Waals surface area contributed by atoms with E-state index in [1.54, 1.807) is 20.3 Å². The standard InChI is InChI=1S/C23H20O4/c1-25-20-13-7-4-10-17(20)23(18-11-5-8-14-21(18)26-2)15-27-19-12-6-3-9-16(19)22(23)24/h3-14H,15H2,1-2H3. The third kappa shape index (κ3) is 2.56. The summed E-state index contributed by atoms with van der Waals surface area (Å²) in [6.45, 7) is 0.170. The maximum absolute atomic E-state index is 13.9. The topological polar surface area (TPSA) is 44.8 Å². The minimum absolute atomic E-state index is 0.0293. The Hall–Kier alpha value is -3.27. The highest BCUT2D eigenvalue weighted by atomic mass is 16.5. The molecule has 0 radical (unpaired) electrons. The molecule has 3 aromatic carbocycles. The van der Waals surface area contributed by atoms with Crippen LogP contribution in [0.2, 0.25) is 0 Å². The summed E-state index contributed by atoms with van der Waals surface area (Å²) >= 11 is 0. The summed E-state index contributed by atoms with van der Waals surface area (Å²) < 4.78 is 17.3. The van der Waals surface area contributed by atoms with Crippen LogP contribution < -0.4 is 14.2 Å². The zero-order valence-corrected chi connectivity index (χ0v) is 15.3. The molecule has 1 aliphatic heterocycles. The van der Waals surface area contributed by atoms with E-state index in [-0.39, 0.29) is 12.4 Å². The van der Waals surface area contributed by atoms with Crippen LogP contribution in [0.15, 0.2) is 72.8 Å². The Morgan fingerprint density at radius 3 is 1.89 bits per heavy atom. The van der Waals surface area contributed by atoms with Crippen LogP contribution >= 0.6 is 0 Å². The van der Waals surface area contributed by atoms with Crippen LogP contribution in [0.3, 0.4) is 0 Å². The maximum atomic E-state index is 13.9. The van der Waals surface area contributed by atoms with Crippen LogP contribution in [0, 0.1) is 0 Å². The number of rotatable bonds is 4. The molecule has 0 fully saturated rings. The van der Waals surface area contributed by atoms with E-state index in [0.29, 0.717) is 22.8 Å². The predicted octanol–water partition coefficient (Wildman–Crippen LogP) is 4.27. The van der Waals surface area contributed by atoms with Crippen molar-refractivity contribution in [3.8, 4) is 17.2 Å². The molecule has 0 aromatic heterocycles. The Bertz CT molecular complexity index is 945. The van der Waals surface area contributed by atoms with Gasteiger partial charge < -0.3 is 14.2 Å². The average Bonchev–Trinajstić information content (AvgIpc) is 2.74. The molecule has 3 aromatic rings. The van der Waals surface area contributed by atoms with E-state index in [1.807, 2.05) is 66.7 Å². The first-order valence-electron chi connectivity index (χ1n) is 8.76. The van der Waals surface area contributed by atoms with Gasteiger partial charge in [-0.1, -0.05) is 48.5 Å². The fraction of sp³-hybridized carbons (Fsp3) is 0.174. The Balaban J connectivity index is 2.05. The Kier molecular flexibility index (Phi) is 4.32. The van der Waals surface area contributed by atoms with Crippen LogP contribution in [0.1, 0.15) is 21.5 Å². The molecule has 0 atom stereocenters. The van der Waals surface area contributed by atoms with Gasteiger partial charge >= 0.3 is 0 Å². The fourth-order valence-electron chi connectivity index (χ4n) is 3.80. The normalized spacial score (nSPS) is 14.8. The molecule has 1 heterocycles. The van der Waals surface area contributed by atoms with Gasteiger partial charge in [-0.15, -0.1) is 0 Å². The lowest BCUT2D eigenvalue weighted by atomic mass is 9.68. The Morgan fingerprint density at radius 1 is 0.778 bits per heavy atom. The summed E-state index contributed by atoms with van der Waals surface area (Å²) in [5.41, 5.74) is 1.02. The number of hydrogen-bond donors (Lipinski definition) is 0. The first-order chi connectivity index (χ1) is 13.2. The molecule has 0 spiro atoms. The summed E-state index contributed by atoms with van der Waals surface area (Å²) in [6.07, 6.45) is 0. The molecule has 0 saturated heterocycles. The molecule has 4 nitrogen and oxygen atoms in total. The summed E-state index contributed by atoms with van der Waals surface area (Å²) in [5.74, 6) is 1.85. The third-order valence-electron chi connectivity index (χ3n) is 5.10. The number of fused-ring (bicyclic) bond motifs is 1. The molecule has 0 amide bonds. The van der Waals surface area contributed by atoms with Crippen molar-refractivity contribution in [3.63, 3.8) is 0 Å². The molecule has 0 unspecified atom stereocenters. The summed E-state index contributed by atoms with van der Waals surface area (Å²) in [6, 6.07) is 22.5. The number of ether oxygens (including phenoxy) is 3. The van der Waals surface area contributed by atoms with Gasteiger partial charge in [-0.25, -0.2) is 0 Å². The van der Waals surface area contributed by atoms with Crippen molar-refractivity contribution in [2.24, 2.45) is 0 Å². The van der Waals surface area contributed by atoms with Crippen molar-refractivity contribution >= 4 is 5.78 Å². The SMILES string of the molecule is COc1ccccc1C1(c2ccccc2OC)COc2ccccc2C1=O. The zero-order valence-electron chi connectivity index (χ0n) is 15.3. The molecule has 0 saturated carbocycles. The lowest BCUT2D eigenvalue weighted by molar-refractivity contribution is 0.0811. The molecule has 0 aliphatic carbocycles. The number of hydrogen-bond acceptors (Lipinski definition) is 4. The highest BCUT2D eigenvalue weighted by molar-refractivity contribution is 6.10. The smallest absolute Gasteiger partial charge is 0.185 e. The van der Waals surface area contributed by atoms with E-state index in [4.69, 9.17) is 14.2 Å². The second-order valence-corrected chi connectivity index (χ2v) is 6.42. The molecule has 136 valence electrons. The molecule has 1 aliphatic rings. The molecule has 0 bridgehead atoms. The number of benzene rings is 3. The van der Waals surface area contributed by atoms with Gasteiger partial charge in [-0.05, 0) is 24.3 Å². The molecular weight excluding hydrogens is 340 g/mol. The minimum atomic E-state index is -1.06. The predicted molar refractivity (Wildman–Crippen MR) is 103 cm³/mol. The van der Waals surface area contributed by atoms with E-state index >= 15 is 0 Å². The zero-order chi connectivity index (χ0) is 18.9. The monoisotopic (exact) mass is 360 g/mol. The van der Waals surface area contributed by atoms with Crippen molar-refractivity contribution in [3.05, 3.63) is 89.5 Å². The number of methoxy groups -OCH3 is 2. The minimum Gasteiger partial charge on any atom is -0.496 e. The second-order valence-electron chi connectivity index (χ2n) is 6.42. The van der Waals surface area contributed by atoms with Gasteiger partial charge in [0.2, 0.25) is 0 Å². The van der Waals surface area contributed by atoms with Crippen molar-refractivity contribution in [1.29, 1.82) is 0 Å². The van der Waals surface area contributed by atoms with Crippen LogP contribution in [-0.4, -0.2) is 26.6 Å². The number of ketones is 1. The summed E-state index contributed by atoms with van der Waals surface area (Å²) in [4.78, 5) is 13.9. The quantitative estimate of drug-likeness (QED) is 0.697. The fourth-order valence-corrected chi connectivity index (χ4v) is 3.80. The van der Waals surface area contributed by atoms with Crippen LogP contribution in [0.4, 0.5) is 0 Å². The van der Waals surface area contributed by atoms with E-state index in [1.165, 1.54) is 0 Å². The highest BCUT2D eigenvalue weighted by Gasteiger charge is 2.50. The van der Waals surface area contributed by atoms with Gasteiger partial charge in [0, 0.05) is 11.1 Å². The van der Waals surface area contributed by atoms with E-state index in [0.717, 1.165) is 11.1 Å². The van der Waals surface area contributed by atoms with Crippen LogP contribution in [-0.2, 0) is 5.41 Å². The third-order valence-corrected chi connectivity index (χ3v) is 5.10. The molecule has 0 N–H and O–H groups in total. The first kappa shape index (κ1) is 17.2. The van der Waals surface area contributed by atoms with Crippen molar-refractivity contribution in [2.45, 2.75) is 5.41 Å². The van der Waals surface area contributed by atoms with Gasteiger partial charge in [0.25, 0.3) is 0 Å². The van der Waals surface area contributed by atoms with Gasteiger partial charge in [-0.3, -0.25) is 4.79 Å². The number of para-hydroxylation sites is 3. The number of Topliss-reactive ketones (excluding diaryl/α,β-unsaturated/α-hetero) is 1. The first-order valence-corrected chi connectivity index (χ1v) is 8.76. The summed E-state index contributed by atoms with van der Waals surface area (Å²) in [5, 5.41) is 0. The molecule has 4 heteroatoms. The van der Waals surface area contributed by atoms with E-state index in [9.17, 15) is 4.79 Å². The average molecular weight is 360 g/mol. The van der Waals surface area contributed by atoms with Gasteiger partial charge in [-0.2, -0.15) is 0 Å². The van der Waals surface area contributed by atoms with Crippen LogP contribution in [0.25, 0.3) is 0 Å². The Labute approximate surface area is 158 Å². The van der Waals surface area contributed by atoms with E-state index in [2.05, 4.69) is 0 Å². The lowest BCUT2D eigenvalue weighted by Crippen LogP contribution is -2.46. The Morgan fingerprint density at radius 2 is 1.30 bits per heavy atom. The number of carbonyl (C=O) groups is 1. The number of carbonyl (C=O) groups excluding carboxylic acids is 1. The van der Waals surface area contributed by atoms with Crippen molar-refractivity contribution in [2.75, 3.05) is 20.8 Å². The van der Waals surface area contributed by atoms with Gasteiger partial charge in [0.05, 0.1) is 19.8 Å². The maximum Gasteiger partial charge on any atom is 0.185 e. The summed E-state index contributed by atoms with van der Waals surface area (Å²) in [7, 11) is 3.22.